The average Bonchev–Trinajstić information content (AvgIpc) is 2.59. The Bertz CT molecular complexity index is 297. The molecule has 2 fully saturated rings. The lowest BCUT2D eigenvalue weighted by Crippen LogP contribution is -2.63. The fourth-order valence-corrected chi connectivity index (χ4v) is 4.14. The van der Waals surface area contributed by atoms with Gasteiger partial charge in [0.2, 0.25) is 0 Å². The average molecular weight is 282 g/mol. The van der Waals surface area contributed by atoms with Crippen molar-refractivity contribution < 1.29 is 0 Å². The van der Waals surface area contributed by atoms with Crippen molar-refractivity contribution in [3.63, 3.8) is 0 Å². The normalized spacial score (nSPS) is 30.6. The smallest absolute Gasteiger partial charge is 0.0359 e. The van der Waals surface area contributed by atoms with E-state index < -0.39 is 0 Å². The predicted octanol–water partition coefficient (Wildman–Crippen LogP) is 1.21. The number of nitrogens with zero attached hydrogens (tertiary/aromatic N) is 3. The van der Waals surface area contributed by atoms with Gasteiger partial charge in [-0.3, -0.25) is 4.90 Å². The van der Waals surface area contributed by atoms with Crippen LogP contribution in [0.15, 0.2) is 0 Å². The second-order valence-corrected chi connectivity index (χ2v) is 7.22. The summed E-state index contributed by atoms with van der Waals surface area (Å²) in [4.78, 5) is 7.81. The van der Waals surface area contributed by atoms with E-state index in [0.29, 0.717) is 12.1 Å². The minimum Gasteiger partial charge on any atom is -0.329 e. The fraction of sp³-hybridized carbons (Fsp3) is 1.00. The van der Waals surface area contributed by atoms with Crippen LogP contribution in [0.25, 0.3) is 0 Å². The van der Waals surface area contributed by atoms with Gasteiger partial charge in [-0.05, 0) is 53.6 Å². The van der Waals surface area contributed by atoms with E-state index in [4.69, 9.17) is 5.73 Å². The van der Waals surface area contributed by atoms with E-state index >= 15 is 0 Å². The first-order valence-corrected chi connectivity index (χ1v) is 8.38. The largest absolute Gasteiger partial charge is 0.329 e. The number of likely N-dealkylation sites (tertiary alicyclic amines) is 1. The minimum atomic E-state index is 0.246. The molecule has 2 rings (SSSR count). The Hall–Kier alpha value is -0.160. The van der Waals surface area contributed by atoms with Crippen LogP contribution in [0.5, 0.6) is 0 Å². The second kappa shape index (κ2) is 6.73. The predicted molar refractivity (Wildman–Crippen MR) is 86.0 cm³/mol. The van der Waals surface area contributed by atoms with Gasteiger partial charge in [-0.15, -0.1) is 0 Å². The van der Waals surface area contributed by atoms with Gasteiger partial charge in [0.1, 0.15) is 0 Å². The third-order valence-corrected chi connectivity index (χ3v) is 5.50. The molecule has 4 heteroatoms. The highest BCUT2D eigenvalue weighted by Crippen LogP contribution is 2.32. The van der Waals surface area contributed by atoms with Crippen LogP contribution in [0, 0.1) is 0 Å². The third-order valence-electron chi connectivity index (χ3n) is 5.50. The number of nitrogens with two attached hydrogens (primary N) is 1. The Morgan fingerprint density at radius 3 is 2.35 bits per heavy atom. The molecule has 2 aliphatic rings. The summed E-state index contributed by atoms with van der Waals surface area (Å²) in [6, 6.07) is 1.29. The van der Waals surface area contributed by atoms with Gasteiger partial charge in [0.25, 0.3) is 0 Å². The number of piperidine rings is 1. The summed E-state index contributed by atoms with van der Waals surface area (Å²) in [7, 11) is 2.25. The minimum absolute atomic E-state index is 0.246. The van der Waals surface area contributed by atoms with Gasteiger partial charge in [-0.25, -0.2) is 0 Å². The molecule has 4 nitrogen and oxygen atoms in total. The first-order valence-electron chi connectivity index (χ1n) is 8.38. The molecule has 0 amide bonds. The van der Waals surface area contributed by atoms with Crippen LogP contribution in [0.3, 0.4) is 0 Å². The lowest BCUT2D eigenvalue weighted by molar-refractivity contribution is -0.00348. The molecule has 1 unspecified atom stereocenters. The van der Waals surface area contributed by atoms with Crippen molar-refractivity contribution in [1.29, 1.82) is 0 Å². The first kappa shape index (κ1) is 16.2. The third kappa shape index (κ3) is 3.35. The molecule has 118 valence electrons. The standard InChI is InChI=1S/C16H34N4/c1-14(2)19-10-6-16(13-17,7-11-19)20-9-5-8-18(4)12-15(20)3/h14-15H,5-13,17H2,1-4H3. The van der Waals surface area contributed by atoms with Crippen LogP contribution >= 0.6 is 0 Å². The van der Waals surface area contributed by atoms with Gasteiger partial charge in [0, 0.05) is 50.3 Å². The zero-order valence-electron chi connectivity index (χ0n) is 13.9. The van der Waals surface area contributed by atoms with Crippen molar-refractivity contribution >= 4 is 0 Å². The molecule has 2 heterocycles. The molecule has 20 heavy (non-hydrogen) atoms. The van der Waals surface area contributed by atoms with Crippen LogP contribution in [0.4, 0.5) is 0 Å². The van der Waals surface area contributed by atoms with E-state index in [9.17, 15) is 0 Å². The van der Waals surface area contributed by atoms with Crippen LogP contribution in [-0.4, -0.2) is 78.6 Å². The van der Waals surface area contributed by atoms with E-state index in [1.807, 2.05) is 0 Å². The number of hydrogen-bond acceptors (Lipinski definition) is 4. The van der Waals surface area contributed by atoms with Crippen LogP contribution in [0.1, 0.15) is 40.0 Å². The number of rotatable bonds is 3. The lowest BCUT2D eigenvalue weighted by Gasteiger charge is -2.51. The van der Waals surface area contributed by atoms with Crippen LogP contribution in [0.2, 0.25) is 0 Å². The maximum atomic E-state index is 6.26. The monoisotopic (exact) mass is 282 g/mol. The van der Waals surface area contributed by atoms with Gasteiger partial charge < -0.3 is 15.5 Å². The highest BCUT2D eigenvalue weighted by Gasteiger charge is 2.41. The molecule has 2 saturated heterocycles. The summed E-state index contributed by atoms with van der Waals surface area (Å²) < 4.78 is 0. The summed E-state index contributed by atoms with van der Waals surface area (Å²) in [5.74, 6) is 0. The van der Waals surface area contributed by atoms with Gasteiger partial charge in [0.05, 0.1) is 0 Å². The summed E-state index contributed by atoms with van der Waals surface area (Å²) in [6.45, 7) is 13.8. The maximum absolute atomic E-state index is 6.26. The van der Waals surface area contributed by atoms with Crippen molar-refractivity contribution in [2.45, 2.75) is 57.7 Å². The molecule has 0 aromatic rings. The topological polar surface area (TPSA) is 35.7 Å². The molecule has 2 aliphatic heterocycles. The van der Waals surface area contributed by atoms with E-state index in [0.717, 1.165) is 6.54 Å². The van der Waals surface area contributed by atoms with E-state index in [1.165, 1.54) is 52.0 Å². The summed E-state index contributed by atoms with van der Waals surface area (Å²) >= 11 is 0. The van der Waals surface area contributed by atoms with Gasteiger partial charge in [0.15, 0.2) is 0 Å². The lowest BCUT2D eigenvalue weighted by atomic mass is 9.84. The quantitative estimate of drug-likeness (QED) is 0.844. The number of hydrogen-bond donors (Lipinski definition) is 1. The van der Waals surface area contributed by atoms with E-state index in [2.05, 4.69) is 42.5 Å². The molecule has 2 N–H and O–H groups in total. The summed E-state index contributed by atoms with van der Waals surface area (Å²) in [6.07, 6.45) is 3.74. The van der Waals surface area contributed by atoms with Crippen molar-refractivity contribution in [3.05, 3.63) is 0 Å². The highest BCUT2D eigenvalue weighted by atomic mass is 15.3. The molecule has 1 atom stereocenters. The van der Waals surface area contributed by atoms with E-state index in [1.54, 1.807) is 0 Å². The Kier molecular flexibility index (Phi) is 5.46. The van der Waals surface area contributed by atoms with Crippen molar-refractivity contribution in [3.8, 4) is 0 Å². The highest BCUT2D eigenvalue weighted by molar-refractivity contribution is 4.99. The summed E-state index contributed by atoms with van der Waals surface area (Å²) in [5.41, 5.74) is 6.51. The zero-order chi connectivity index (χ0) is 14.8. The molecule has 0 bridgehead atoms. The summed E-state index contributed by atoms with van der Waals surface area (Å²) in [5, 5.41) is 0. The first-order chi connectivity index (χ1) is 9.48. The van der Waals surface area contributed by atoms with Gasteiger partial charge >= 0.3 is 0 Å². The van der Waals surface area contributed by atoms with Crippen LogP contribution in [-0.2, 0) is 0 Å². The zero-order valence-corrected chi connectivity index (χ0v) is 13.9. The van der Waals surface area contributed by atoms with Crippen molar-refractivity contribution in [2.75, 3.05) is 46.3 Å². The molecule has 0 aromatic heterocycles. The van der Waals surface area contributed by atoms with E-state index in [-0.39, 0.29) is 5.54 Å². The fourth-order valence-electron chi connectivity index (χ4n) is 4.14. The Morgan fingerprint density at radius 2 is 1.80 bits per heavy atom. The van der Waals surface area contributed by atoms with Crippen molar-refractivity contribution in [2.24, 2.45) is 5.73 Å². The Balaban J connectivity index is 2.07. The molecule has 0 aliphatic carbocycles. The SMILES string of the molecule is CC(C)N1CCC(CN)(N2CCCN(C)CC2C)CC1. The van der Waals surface area contributed by atoms with Crippen molar-refractivity contribution in [1.82, 2.24) is 14.7 Å². The van der Waals surface area contributed by atoms with Gasteiger partial charge in [-0.2, -0.15) is 0 Å². The second-order valence-electron chi connectivity index (χ2n) is 7.22. The Labute approximate surface area is 125 Å². The molecular formula is C16H34N4. The Morgan fingerprint density at radius 1 is 1.15 bits per heavy atom. The number of likely N-dealkylation sites (N-methyl/N-ethyl adjacent to an activating group) is 1. The molecule has 0 spiro atoms. The molecular weight excluding hydrogens is 248 g/mol. The van der Waals surface area contributed by atoms with Gasteiger partial charge in [-0.1, -0.05) is 0 Å². The molecule has 0 radical (unpaired) electrons. The maximum Gasteiger partial charge on any atom is 0.0359 e. The molecule has 0 saturated carbocycles. The molecule has 0 aromatic carbocycles. The van der Waals surface area contributed by atoms with Crippen LogP contribution < -0.4 is 5.73 Å².